The Hall–Kier alpha value is -1.66. The van der Waals surface area contributed by atoms with Crippen molar-refractivity contribution in [3.05, 3.63) is 29.5 Å². The summed E-state index contributed by atoms with van der Waals surface area (Å²) < 4.78 is 5.29. The largest absolute Gasteiger partial charge is 0.481 e. The second kappa shape index (κ2) is 5.99. The third-order valence-corrected chi connectivity index (χ3v) is 3.63. The molecule has 0 radical (unpaired) electrons. The Labute approximate surface area is 115 Å². The quantitative estimate of drug-likeness (QED) is 0.880. The van der Waals surface area contributed by atoms with Crippen LogP contribution in [0.5, 0.6) is 0 Å². The molecule has 2 heterocycles. The summed E-state index contributed by atoms with van der Waals surface area (Å²) in [5, 5.41) is 11.7. The van der Waals surface area contributed by atoms with Crippen molar-refractivity contribution in [3.63, 3.8) is 0 Å². The molecule has 1 atom stereocenters. The van der Waals surface area contributed by atoms with Gasteiger partial charge in [0.05, 0.1) is 17.9 Å². The highest BCUT2D eigenvalue weighted by Crippen LogP contribution is 2.24. The van der Waals surface area contributed by atoms with Gasteiger partial charge in [-0.2, -0.15) is 0 Å². The molecule has 19 heavy (non-hydrogen) atoms. The fraction of sp³-hybridized carbons (Fsp3) is 0.385. The smallest absolute Gasteiger partial charge is 0.307 e. The number of furan rings is 1. The molecule has 0 amide bonds. The maximum atomic E-state index is 10.8. The Morgan fingerprint density at radius 2 is 2.42 bits per heavy atom. The highest BCUT2D eigenvalue weighted by atomic mass is 32.1. The molecule has 1 N–H and O–H groups in total. The van der Waals surface area contributed by atoms with Gasteiger partial charge in [-0.15, -0.1) is 11.3 Å². The van der Waals surface area contributed by atoms with Crippen LogP contribution in [0.3, 0.4) is 0 Å². The summed E-state index contributed by atoms with van der Waals surface area (Å²) >= 11 is 1.53. The summed E-state index contributed by atoms with van der Waals surface area (Å²) in [5.74, 6) is -0.396. The molecule has 2 rings (SSSR count). The van der Waals surface area contributed by atoms with Crippen molar-refractivity contribution in [1.82, 2.24) is 9.88 Å². The molecule has 0 aliphatic rings. The SMILES string of the molecule is CC(CN(C)Cc1csc(-c2ccco2)n1)C(=O)O. The first-order chi connectivity index (χ1) is 9.06. The van der Waals surface area contributed by atoms with Gasteiger partial charge in [-0.25, -0.2) is 4.98 Å². The van der Waals surface area contributed by atoms with Crippen molar-refractivity contribution in [3.8, 4) is 10.8 Å². The molecule has 0 fully saturated rings. The number of carbonyl (C=O) groups is 1. The Balaban J connectivity index is 1.95. The number of carboxylic acids is 1. The van der Waals surface area contributed by atoms with Gasteiger partial charge in [-0.1, -0.05) is 6.92 Å². The van der Waals surface area contributed by atoms with Gasteiger partial charge in [0.15, 0.2) is 10.8 Å². The predicted molar refractivity (Wildman–Crippen MR) is 72.9 cm³/mol. The molecular formula is C13H16N2O3S. The zero-order valence-corrected chi connectivity index (χ0v) is 11.7. The van der Waals surface area contributed by atoms with Gasteiger partial charge in [-0.3, -0.25) is 9.69 Å². The first-order valence-electron chi connectivity index (χ1n) is 5.96. The summed E-state index contributed by atoms with van der Waals surface area (Å²) in [5.41, 5.74) is 0.927. The van der Waals surface area contributed by atoms with Crippen molar-refractivity contribution in [2.45, 2.75) is 13.5 Å². The van der Waals surface area contributed by atoms with Crippen molar-refractivity contribution >= 4 is 17.3 Å². The highest BCUT2D eigenvalue weighted by molar-refractivity contribution is 7.13. The Morgan fingerprint density at radius 3 is 3.05 bits per heavy atom. The summed E-state index contributed by atoms with van der Waals surface area (Å²) in [7, 11) is 1.89. The number of aliphatic carboxylic acids is 1. The summed E-state index contributed by atoms with van der Waals surface area (Å²) in [6.07, 6.45) is 1.62. The maximum absolute atomic E-state index is 10.8. The van der Waals surface area contributed by atoms with E-state index in [9.17, 15) is 4.79 Å². The molecule has 0 spiro atoms. The minimum absolute atomic E-state index is 0.381. The van der Waals surface area contributed by atoms with Gasteiger partial charge in [0, 0.05) is 18.5 Å². The topological polar surface area (TPSA) is 66.6 Å². The maximum Gasteiger partial charge on any atom is 0.307 e. The van der Waals surface area contributed by atoms with Crippen LogP contribution in [0.4, 0.5) is 0 Å². The van der Waals surface area contributed by atoms with Crippen LogP contribution in [0.25, 0.3) is 10.8 Å². The van der Waals surface area contributed by atoms with Crippen molar-refractivity contribution < 1.29 is 14.3 Å². The number of rotatable bonds is 6. The molecule has 5 nitrogen and oxygen atoms in total. The third kappa shape index (κ3) is 3.65. The van der Waals surface area contributed by atoms with E-state index in [1.54, 1.807) is 13.2 Å². The minimum Gasteiger partial charge on any atom is -0.481 e. The number of thiazole rings is 1. The van der Waals surface area contributed by atoms with Crippen molar-refractivity contribution in [1.29, 1.82) is 0 Å². The van der Waals surface area contributed by atoms with E-state index < -0.39 is 5.97 Å². The summed E-state index contributed by atoms with van der Waals surface area (Å²) in [6.45, 7) is 2.84. The van der Waals surface area contributed by atoms with Gasteiger partial charge in [0.1, 0.15) is 0 Å². The predicted octanol–water partition coefficient (Wildman–Crippen LogP) is 2.56. The number of nitrogens with zero attached hydrogens (tertiary/aromatic N) is 2. The van der Waals surface area contributed by atoms with Crippen LogP contribution < -0.4 is 0 Å². The van der Waals surface area contributed by atoms with Crippen LogP contribution >= 0.6 is 11.3 Å². The van der Waals surface area contributed by atoms with Gasteiger partial charge in [0.2, 0.25) is 0 Å². The zero-order chi connectivity index (χ0) is 13.8. The number of hydrogen-bond acceptors (Lipinski definition) is 5. The second-order valence-electron chi connectivity index (χ2n) is 4.56. The monoisotopic (exact) mass is 280 g/mol. The summed E-state index contributed by atoms with van der Waals surface area (Å²) in [6, 6.07) is 3.70. The molecule has 2 aromatic heterocycles. The molecule has 6 heteroatoms. The normalized spacial score (nSPS) is 12.8. The van der Waals surface area contributed by atoms with E-state index in [1.165, 1.54) is 11.3 Å². The van der Waals surface area contributed by atoms with Crippen molar-refractivity contribution in [2.75, 3.05) is 13.6 Å². The van der Waals surface area contributed by atoms with Crippen molar-refractivity contribution in [2.24, 2.45) is 5.92 Å². The molecule has 2 aromatic rings. The second-order valence-corrected chi connectivity index (χ2v) is 5.42. The lowest BCUT2D eigenvalue weighted by Crippen LogP contribution is -2.28. The molecule has 0 saturated carbocycles. The fourth-order valence-electron chi connectivity index (χ4n) is 1.78. The highest BCUT2D eigenvalue weighted by Gasteiger charge is 2.15. The number of aromatic nitrogens is 1. The molecule has 1 unspecified atom stereocenters. The Bertz CT molecular complexity index is 536. The van der Waals surface area contributed by atoms with E-state index in [0.717, 1.165) is 16.5 Å². The van der Waals surface area contributed by atoms with Crippen LogP contribution in [-0.2, 0) is 11.3 Å². The molecule has 0 saturated heterocycles. The van der Waals surface area contributed by atoms with Crippen LogP contribution in [0.1, 0.15) is 12.6 Å². The van der Waals surface area contributed by atoms with E-state index in [0.29, 0.717) is 13.1 Å². The lowest BCUT2D eigenvalue weighted by molar-refractivity contribution is -0.141. The van der Waals surface area contributed by atoms with E-state index in [-0.39, 0.29) is 5.92 Å². The summed E-state index contributed by atoms with van der Waals surface area (Å²) in [4.78, 5) is 17.2. The first kappa shape index (κ1) is 13.8. The molecule has 0 aromatic carbocycles. The fourth-order valence-corrected chi connectivity index (χ4v) is 2.56. The number of hydrogen-bond donors (Lipinski definition) is 1. The Morgan fingerprint density at radius 1 is 1.63 bits per heavy atom. The third-order valence-electron chi connectivity index (χ3n) is 2.72. The zero-order valence-electron chi connectivity index (χ0n) is 10.9. The first-order valence-corrected chi connectivity index (χ1v) is 6.84. The van der Waals surface area contributed by atoms with Crippen LogP contribution in [0, 0.1) is 5.92 Å². The van der Waals surface area contributed by atoms with Crippen LogP contribution in [-0.4, -0.2) is 34.6 Å². The van der Waals surface area contributed by atoms with Gasteiger partial charge < -0.3 is 9.52 Å². The van der Waals surface area contributed by atoms with E-state index in [1.807, 2.05) is 29.5 Å². The molecule has 0 bridgehead atoms. The standard InChI is InChI=1S/C13H16N2O3S/c1-9(13(16)17)6-15(2)7-10-8-19-12(14-10)11-4-3-5-18-11/h3-5,8-9H,6-7H2,1-2H3,(H,16,17). The van der Waals surface area contributed by atoms with E-state index >= 15 is 0 Å². The average molecular weight is 280 g/mol. The number of carboxylic acid groups (broad SMARTS) is 1. The lowest BCUT2D eigenvalue weighted by Gasteiger charge is -2.17. The molecular weight excluding hydrogens is 264 g/mol. The Kier molecular flexibility index (Phi) is 4.34. The average Bonchev–Trinajstić information content (AvgIpc) is 2.97. The minimum atomic E-state index is -0.776. The van der Waals surface area contributed by atoms with E-state index in [4.69, 9.17) is 9.52 Å². The molecule has 102 valence electrons. The van der Waals surface area contributed by atoms with Gasteiger partial charge in [0.25, 0.3) is 0 Å². The molecule has 0 aliphatic carbocycles. The van der Waals surface area contributed by atoms with Gasteiger partial charge >= 0.3 is 5.97 Å². The van der Waals surface area contributed by atoms with Crippen LogP contribution in [0.15, 0.2) is 28.2 Å². The van der Waals surface area contributed by atoms with Gasteiger partial charge in [-0.05, 0) is 19.2 Å². The van der Waals surface area contributed by atoms with E-state index in [2.05, 4.69) is 4.98 Å². The lowest BCUT2D eigenvalue weighted by atomic mass is 10.2. The molecule has 0 aliphatic heterocycles. The van der Waals surface area contributed by atoms with Crippen LogP contribution in [0.2, 0.25) is 0 Å².